The van der Waals surface area contributed by atoms with Crippen LogP contribution >= 0.6 is 0 Å². The number of piperidine rings is 1. The lowest BCUT2D eigenvalue weighted by atomic mass is 9.99. The summed E-state index contributed by atoms with van der Waals surface area (Å²) in [5.74, 6) is 0.530. The van der Waals surface area contributed by atoms with Crippen molar-refractivity contribution in [2.45, 2.75) is 17.7 Å². The summed E-state index contributed by atoms with van der Waals surface area (Å²) in [6, 6.07) is 10.5. The SMILES string of the molecule is Nc1nc(N)c2c(OCC3CCN(S(=O)(=O)c4cccc(F)c4)CC3)cccc2n1. The van der Waals surface area contributed by atoms with E-state index in [9.17, 15) is 12.8 Å². The summed E-state index contributed by atoms with van der Waals surface area (Å²) in [5.41, 5.74) is 12.2. The van der Waals surface area contributed by atoms with Crippen LogP contribution in [0.3, 0.4) is 0 Å². The van der Waals surface area contributed by atoms with Crippen molar-refractivity contribution in [1.82, 2.24) is 14.3 Å². The molecule has 8 nitrogen and oxygen atoms in total. The van der Waals surface area contributed by atoms with Gasteiger partial charge in [-0.05, 0) is 49.1 Å². The van der Waals surface area contributed by atoms with Crippen molar-refractivity contribution in [1.29, 1.82) is 0 Å². The average Bonchev–Trinajstić information content (AvgIpc) is 2.72. The molecule has 0 bridgehead atoms. The van der Waals surface area contributed by atoms with Gasteiger partial charge in [-0.3, -0.25) is 0 Å². The maximum absolute atomic E-state index is 13.4. The van der Waals surface area contributed by atoms with E-state index in [-0.39, 0.29) is 22.6 Å². The van der Waals surface area contributed by atoms with Gasteiger partial charge in [0.05, 0.1) is 22.4 Å². The lowest BCUT2D eigenvalue weighted by molar-refractivity contribution is 0.186. The molecule has 2 aromatic carbocycles. The second-order valence-corrected chi connectivity index (χ2v) is 9.17. The zero-order chi connectivity index (χ0) is 21.3. The molecule has 1 aliphatic rings. The topological polar surface area (TPSA) is 124 Å². The van der Waals surface area contributed by atoms with Gasteiger partial charge in [0, 0.05) is 13.1 Å². The molecule has 1 aliphatic heterocycles. The van der Waals surface area contributed by atoms with Gasteiger partial charge >= 0.3 is 0 Å². The van der Waals surface area contributed by atoms with E-state index in [1.54, 1.807) is 18.2 Å². The highest BCUT2D eigenvalue weighted by atomic mass is 32.2. The van der Waals surface area contributed by atoms with Crippen LogP contribution in [-0.4, -0.2) is 42.4 Å². The minimum Gasteiger partial charge on any atom is -0.492 e. The summed E-state index contributed by atoms with van der Waals surface area (Å²) in [7, 11) is -3.71. The minimum absolute atomic E-state index is 0.0253. The third-order valence-corrected chi connectivity index (χ3v) is 7.11. The number of nitrogen functional groups attached to an aromatic ring is 2. The molecule has 4 rings (SSSR count). The van der Waals surface area contributed by atoms with Gasteiger partial charge in [0.25, 0.3) is 0 Å². The zero-order valence-electron chi connectivity index (χ0n) is 16.2. The van der Waals surface area contributed by atoms with Gasteiger partial charge in [-0.1, -0.05) is 12.1 Å². The first-order chi connectivity index (χ1) is 14.3. The number of hydrogen-bond acceptors (Lipinski definition) is 7. The number of nitrogens with two attached hydrogens (primary N) is 2. The quantitative estimate of drug-likeness (QED) is 0.635. The molecule has 0 unspecified atom stereocenters. The molecule has 2 heterocycles. The van der Waals surface area contributed by atoms with E-state index >= 15 is 0 Å². The number of aromatic nitrogens is 2. The summed E-state index contributed by atoms with van der Waals surface area (Å²) >= 11 is 0. The Morgan fingerprint density at radius 1 is 1.10 bits per heavy atom. The monoisotopic (exact) mass is 431 g/mol. The molecule has 1 aromatic heterocycles. The summed E-state index contributed by atoms with van der Waals surface area (Å²) in [6.07, 6.45) is 1.27. The number of rotatable bonds is 5. The summed E-state index contributed by atoms with van der Waals surface area (Å²) in [6.45, 7) is 1.12. The molecule has 0 spiro atoms. The minimum atomic E-state index is -3.71. The Morgan fingerprint density at radius 2 is 1.83 bits per heavy atom. The summed E-state index contributed by atoms with van der Waals surface area (Å²) in [5, 5.41) is 0.609. The molecular formula is C20H22FN5O3S. The van der Waals surface area contributed by atoms with Crippen LogP contribution in [0, 0.1) is 11.7 Å². The molecule has 1 fully saturated rings. The highest BCUT2D eigenvalue weighted by Gasteiger charge is 2.30. The van der Waals surface area contributed by atoms with Crippen molar-refractivity contribution in [2.24, 2.45) is 5.92 Å². The van der Waals surface area contributed by atoms with E-state index in [2.05, 4.69) is 9.97 Å². The second kappa shape index (κ2) is 8.04. The van der Waals surface area contributed by atoms with Crippen LogP contribution in [0.4, 0.5) is 16.2 Å². The van der Waals surface area contributed by atoms with Crippen molar-refractivity contribution in [2.75, 3.05) is 31.2 Å². The van der Waals surface area contributed by atoms with Crippen LogP contribution in [-0.2, 0) is 10.0 Å². The van der Waals surface area contributed by atoms with Crippen molar-refractivity contribution in [3.8, 4) is 5.75 Å². The van der Waals surface area contributed by atoms with Gasteiger partial charge in [0.1, 0.15) is 17.4 Å². The number of ether oxygens (including phenoxy) is 1. The van der Waals surface area contributed by atoms with E-state index < -0.39 is 15.8 Å². The number of nitrogens with zero attached hydrogens (tertiary/aromatic N) is 3. The maximum Gasteiger partial charge on any atom is 0.243 e. The highest BCUT2D eigenvalue weighted by Crippen LogP contribution is 2.31. The van der Waals surface area contributed by atoms with Crippen LogP contribution in [0.5, 0.6) is 5.75 Å². The molecule has 0 saturated carbocycles. The fourth-order valence-electron chi connectivity index (χ4n) is 3.62. The Balaban J connectivity index is 1.41. The van der Waals surface area contributed by atoms with Crippen molar-refractivity contribution in [3.63, 3.8) is 0 Å². The molecule has 0 radical (unpaired) electrons. The largest absolute Gasteiger partial charge is 0.492 e. The van der Waals surface area contributed by atoms with E-state index in [0.29, 0.717) is 49.2 Å². The lowest BCUT2D eigenvalue weighted by Gasteiger charge is -2.31. The van der Waals surface area contributed by atoms with Crippen LogP contribution in [0.1, 0.15) is 12.8 Å². The Hall–Kier alpha value is -2.98. The number of anilines is 2. The summed E-state index contributed by atoms with van der Waals surface area (Å²) in [4.78, 5) is 8.14. The Bertz CT molecular complexity index is 1180. The van der Waals surface area contributed by atoms with Crippen LogP contribution in [0.25, 0.3) is 10.9 Å². The molecule has 30 heavy (non-hydrogen) atoms. The van der Waals surface area contributed by atoms with E-state index in [1.807, 2.05) is 0 Å². The van der Waals surface area contributed by atoms with E-state index in [1.165, 1.54) is 22.5 Å². The van der Waals surface area contributed by atoms with Crippen molar-refractivity contribution < 1.29 is 17.5 Å². The predicted octanol–water partition coefficient (Wildman–Crippen LogP) is 2.41. The van der Waals surface area contributed by atoms with Gasteiger partial charge in [-0.2, -0.15) is 9.29 Å². The number of fused-ring (bicyclic) bond motifs is 1. The third-order valence-electron chi connectivity index (χ3n) is 5.21. The second-order valence-electron chi connectivity index (χ2n) is 7.23. The van der Waals surface area contributed by atoms with Gasteiger partial charge in [-0.25, -0.2) is 17.8 Å². The molecule has 0 aliphatic carbocycles. The molecule has 0 amide bonds. The Kier molecular flexibility index (Phi) is 5.44. The molecule has 3 aromatic rings. The van der Waals surface area contributed by atoms with Crippen molar-refractivity contribution >= 4 is 32.7 Å². The Labute approximate surface area is 173 Å². The lowest BCUT2D eigenvalue weighted by Crippen LogP contribution is -2.39. The third kappa shape index (κ3) is 4.01. The Morgan fingerprint density at radius 3 is 2.57 bits per heavy atom. The molecule has 1 saturated heterocycles. The number of halogens is 1. The normalized spacial score (nSPS) is 16.0. The fourth-order valence-corrected chi connectivity index (χ4v) is 5.12. The van der Waals surface area contributed by atoms with Crippen LogP contribution < -0.4 is 16.2 Å². The smallest absolute Gasteiger partial charge is 0.243 e. The number of sulfonamides is 1. The number of benzene rings is 2. The highest BCUT2D eigenvalue weighted by molar-refractivity contribution is 7.89. The van der Waals surface area contributed by atoms with E-state index in [0.717, 1.165) is 6.07 Å². The van der Waals surface area contributed by atoms with Crippen LogP contribution in [0.2, 0.25) is 0 Å². The first-order valence-corrected chi connectivity index (χ1v) is 11.0. The molecule has 0 atom stereocenters. The van der Waals surface area contributed by atoms with E-state index in [4.69, 9.17) is 16.2 Å². The first kappa shape index (κ1) is 20.3. The van der Waals surface area contributed by atoms with Gasteiger partial charge < -0.3 is 16.2 Å². The van der Waals surface area contributed by atoms with Crippen LogP contribution in [0.15, 0.2) is 47.4 Å². The van der Waals surface area contributed by atoms with Gasteiger partial charge in [0.2, 0.25) is 16.0 Å². The fraction of sp³-hybridized carbons (Fsp3) is 0.300. The first-order valence-electron chi connectivity index (χ1n) is 9.55. The molecular weight excluding hydrogens is 409 g/mol. The predicted molar refractivity (Wildman–Crippen MR) is 112 cm³/mol. The molecule has 10 heteroatoms. The van der Waals surface area contributed by atoms with Gasteiger partial charge in [-0.15, -0.1) is 0 Å². The molecule has 4 N–H and O–H groups in total. The average molecular weight is 431 g/mol. The standard InChI is InChI=1S/C20H22FN5O3S/c21-14-3-1-4-15(11-14)30(27,28)26-9-7-13(8-10-26)12-29-17-6-2-5-16-18(17)19(22)25-20(23)24-16/h1-6,11,13H,7-10,12H2,(H4,22,23,24,25). The summed E-state index contributed by atoms with van der Waals surface area (Å²) < 4.78 is 46.3. The number of hydrogen-bond donors (Lipinski definition) is 2. The van der Waals surface area contributed by atoms with Gasteiger partial charge in [0.15, 0.2) is 0 Å². The molecule has 158 valence electrons. The van der Waals surface area contributed by atoms with Crippen molar-refractivity contribution in [3.05, 3.63) is 48.3 Å². The zero-order valence-corrected chi connectivity index (χ0v) is 17.0. The maximum atomic E-state index is 13.4.